The lowest BCUT2D eigenvalue weighted by molar-refractivity contribution is 0.606. The van der Waals surface area contributed by atoms with Crippen LogP contribution in [0.5, 0.6) is 0 Å². The highest BCUT2D eigenvalue weighted by atomic mass is 14.7. The molecule has 0 radical (unpaired) electrons. The van der Waals surface area contributed by atoms with Crippen molar-refractivity contribution in [2.75, 3.05) is 0 Å². The number of nitrogens with zero attached hydrogens (tertiary/aromatic N) is 1. The molecule has 0 fully saturated rings. The van der Waals surface area contributed by atoms with Crippen LogP contribution in [0.4, 0.5) is 0 Å². The van der Waals surface area contributed by atoms with Gasteiger partial charge in [0.15, 0.2) is 0 Å². The first kappa shape index (κ1) is 9.24. The summed E-state index contributed by atoms with van der Waals surface area (Å²) < 4.78 is 0. The molecule has 1 aliphatic rings. The van der Waals surface area contributed by atoms with Crippen molar-refractivity contribution in [3.05, 3.63) is 23.9 Å². The highest BCUT2D eigenvalue weighted by molar-refractivity contribution is 5.73. The summed E-state index contributed by atoms with van der Waals surface area (Å²) in [6, 6.07) is 0. The zero-order valence-corrected chi connectivity index (χ0v) is 8.33. The van der Waals surface area contributed by atoms with Gasteiger partial charge >= 0.3 is 0 Å². The Bertz CT molecular complexity index is 242. The number of hydrogen-bond acceptors (Lipinski definition) is 1. The van der Waals surface area contributed by atoms with Crippen LogP contribution in [0, 0.1) is 11.3 Å². The Kier molecular flexibility index (Phi) is 2.51. The fourth-order valence-corrected chi connectivity index (χ4v) is 1.20. The Hall–Kier alpha value is -0.850. The molecular weight excluding hydrogens is 146 g/mol. The lowest BCUT2D eigenvalue weighted by atomic mass is 9.90. The molecule has 0 spiro atoms. The maximum absolute atomic E-state index is 4.37. The molecule has 0 N–H and O–H groups in total. The van der Waals surface area contributed by atoms with Crippen molar-refractivity contribution >= 4 is 6.21 Å². The van der Waals surface area contributed by atoms with Crippen LogP contribution in [-0.2, 0) is 0 Å². The zero-order chi connectivity index (χ0) is 9.19. The summed E-state index contributed by atoms with van der Waals surface area (Å²) in [4.78, 5) is 4.37. The lowest BCUT2D eigenvalue weighted by Gasteiger charge is -2.15. The molecule has 1 heteroatoms. The van der Waals surface area contributed by atoms with E-state index >= 15 is 0 Å². The number of hydrogen-bond donors (Lipinski definition) is 0. The van der Waals surface area contributed by atoms with Gasteiger partial charge in [0, 0.05) is 17.3 Å². The smallest absolute Gasteiger partial charge is 0.0397 e. The van der Waals surface area contributed by atoms with Crippen LogP contribution < -0.4 is 0 Å². The van der Waals surface area contributed by atoms with Gasteiger partial charge in [-0.1, -0.05) is 39.8 Å². The van der Waals surface area contributed by atoms with Gasteiger partial charge in [-0.3, -0.25) is 4.99 Å². The van der Waals surface area contributed by atoms with Gasteiger partial charge in [0.25, 0.3) is 0 Å². The minimum absolute atomic E-state index is 0.149. The standard InChI is InChI=1S/C11H17N/c1-9(2)10-8-11(3,4)6-5-7-12-10/h5-9H,1-4H3. The second-order valence-corrected chi connectivity index (χ2v) is 4.18. The van der Waals surface area contributed by atoms with Crippen molar-refractivity contribution in [3.63, 3.8) is 0 Å². The van der Waals surface area contributed by atoms with Gasteiger partial charge in [-0.15, -0.1) is 0 Å². The number of rotatable bonds is 1. The lowest BCUT2D eigenvalue weighted by Crippen LogP contribution is -2.04. The molecule has 0 bridgehead atoms. The molecule has 0 atom stereocenters. The SMILES string of the molecule is CC(C)C1=CC(C)(C)C=CC=N1. The van der Waals surface area contributed by atoms with Gasteiger partial charge in [0.05, 0.1) is 0 Å². The van der Waals surface area contributed by atoms with Crippen molar-refractivity contribution in [3.8, 4) is 0 Å². The molecule has 0 aromatic carbocycles. The van der Waals surface area contributed by atoms with Gasteiger partial charge in [0.2, 0.25) is 0 Å². The third-order valence-corrected chi connectivity index (χ3v) is 1.95. The van der Waals surface area contributed by atoms with Gasteiger partial charge in [-0.05, 0) is 12.0 Å². The van der Waals surface area contributed by atoms with E-state index in [2.05, 4.69) is 44.8 Å². The summed E-state index contributed by atoms with van der Waals surface area (Å²) in [5.74, 6) is 0.514. The minimum atomic E-state index is 0.149. The summed E-state index contributed by atoms with van der Waals surface area (Å²) in [6.45, 7) is 8.73. The summed E-state index contributed by atoms with van der Waals surface area (Å²) in [5.41, 5.74) is 1.33. The third kappa shape index (κ3) is 2.33. The Labute approximate surface area is 74.9 Å². The normalized spacial score (nSPS) is 20.9. The second kappa shape index (κ2) is 3.26. The monoisotopic (exact) mass is 163 g/mol. The number of aliphatic imine (C=N–C) groups is 1. The van der Waals surface area contributed by atoms with E-state index in [1.807, 2.05) is 12.3 Å². The fraction of sp³-hybridized carbons (Fsp3) is 0.545. The summed E-state index contributed by atoms with van der Waals surface area (Å²) >= 11 is 0. The molecule has 1 heterocycles. The molecule has 1 aliphatic heterocycles. The van der Waals surface area contributed by atoms with E-state index in [0.29, 0.717) is 5.92 Å². The topological polar surface area (TPSA) is 12.4 Å². The van der Waals surface area contributed by atoms with Crippen molar-refractivity contribution in [1.82, 2.24) is 0 Å². The third-order valence-electron chi connectivity index (χ3n) is 1.95. The fourth-order valence-electron chi connectivity index (χ4n) is 1.20. The molecule has 66 valence electrons. The first-order valence-electron chi connectivity index (χ1n) is 4.46. The summed E-state index contributed by atoms with van der Waals surface area (Å²) in [7, 11) is 0. The van der Waals surface area contributed by atoms with E-state index in [4.69, 9.17) is 0 Å². The van der Waals surface area contributed by atoms with Crippen molar-refractivity contribution in [2.24, 2.45) is 16.3 Å². The van der Waals surface area contributed by atoms with E-state index in [0.717, 1.165) is 0 Å². The molecule has 0 aliphatic carbocycles. The average Bonchev–Trinajstić information content (AvgIpc) is 2.10. The zero-order valence-electron chi connectivity index (χ0n) is 8.33. The maximum Gasteiger partial charge on any atom is 0.0397 e. The van der Waals surface area contributed by atoms with Crippen molar-refractivity contribution in [1.29, 1.82) is 0 Å². The molecule has 1 nitrogen and oxygen atoms in total. The van der Waals surface area contributed by atoms with Gasteiger partial charge < -0.3 is 0 Å². The molecular formula is C11H17N. The maximum atomic E-state index is 4.37. The Morgan fingerprint density at radius 1 is 1.33 bits per heavy atom. The first-order valence-corrected chi connectivity index (χ1v) is 4.46. The summed E-state index contributed by atoms with van der Waals surface area (Å²) in [5, 5.41) is 0. The van der Waals surface area contributed by atoms with Crippen LogP contribution in [0.3, 0.4) is 0 Å². The minimum Gasteiger partial charge on any atom is -0.261 e. The Morgan fingerprint density at radius 3 is 2.58 bits per heavy atom. The van der Waals surface area contributed by atoms with E-state index in [-0.39, 0.29) is 5.41 Å². The molecule has 0 amide bonds. The first-order chi connectivity index (χ1) is 5.51. The molecule has 0 aromatic heterocycles. The van der Waals surface area contributed by atoms with Gasteiger partial charge in [0.1, 0.15) is 0 Å². The van der Waals surface area contributed by atoms with E-state index < -0.39 is 0 Å². The molecule has 12 heavy (non-hydrogen) atoms. The van der Waals surface area contributed by atoms with Crippen LogP contribution in [0.2, 0.25) is 0 Å². The second-order valence-electron chi connectivity index (χ2n) is 4.18. The Morgan fingerprint density at radius 2 is 2.00 bits per heavy atom. The van der Waals surface area contributed by atoms with Crippen LogP contribution in [0.1, 0.15) is 27.7 Å². The number of allylic oxidation sites excluding steroid dienone is 4. The molecule has 0 aromatic rings. The van der Waals surface area contributed by atoms with Crippen molar-refractivity contribution in [2.45, 2.75) is 27.7 Å². The van der Waals surface area contributed by atoms with Crippen LogP contribution in [-0.4, -0.2) is 6.21 Å². The molecule has 0 saturated heterocycles. The molecule has 0 saturated carbocycles. The average molecular weight is 163 g/mol. The van der Waals surface area contributed by atoms with Gasteiger partial charge in [-0.25, -0.2) is 0 Å². The largest absolute Gasteiger partial charge is 0.261 e. The Balaban J connectivity index is 2.95. The van der Waals surface area contributed by atoms with Crippen LogP contribution >= 0.6 is 0 Å². The highest BCUT2D eigenvalue weighted by Gasteiger charge is 2.14. The van der Waals surface area contributed by atoms with E-state index in [1.165, 1.54) is 5.70 Å². The van der Waals surface area contributed by atoms with E-state index in [9.17, 15) is 0 Å². The van der Waals surface area contributed by atoms with Gasteiger partial charge in [-0.2, -0.15) is 0 Å². The molecule has 1 rings (SSSR count). The summed E-state index contributed by atoms with van der Waals surface area (Å²) in [6.07, 6.45) is 8.30. The predicted molar refractivity (Wildman–Crippen MR) is 54.3 cm³/mol. The van der Waals surface area contributed by atoms with E-state index in [1.54, 1.807) is 0 Å². The van der Waals surface area contributed by atoms with Crippen molar-refractivity contribution < 1.29 is 0 Å². The predicted octanol–water partition coefficient (Wildman–Crippen LogP) is 3.19. The van der Waals surface area contributed by atoms with Crippen LogP contribution in [0.15, 0.2) is 28.9 Å². The highest BCUT2D eigenvalue weighted by Crippen LogP contribution is 2.26. The molecule has 0 unspecified atom stereocenters. The van der Waals surface area contributed by atoms with Crippen LogP contribution in [0.25, 0.3) is 0 Å². The quantitative estimate of drug-likeness (QED) is 0.563.